The van der Waals surface area contributed by atoms with E-state index < -0.39 is 10.0 Å². The molecule has 1 aromatic rings. The third kappa shape index (κ3) is 3.78. The summed E-state index contributed by atoms with van der Waals surface area (Å²) in [6.45, 7) is 0. The molecule has 0 aliphatic heterocycles. The molecule has 0 aromatic heterocycles. The van der Waals surface area contributed by atoms with Crippen molar-refractivity contribution < 1.29 is 13.2 Å². The molecule has 0 unspecified atom stereocenters. The summed E-state index contributed by atoms with van der Waals surface area (Å²) >= 11 is 0. The Kier molecular flexibility index (Phi) is 4.21. The van der Waals surface area contributed by atoms with Crippen molar-refractivity contribution in [2.75, 3.05) is 0 Å². The molecule has 6 heteroatoms. The first-order chi connectivity index (χ1) is 8.97. The number of carbonyl (C=O) groups excluding carboxylic acids is 1. The first-order valence-electron chi connectivity index (χ1n) is 6.40. The van der Waals surface area contributed by atoms with Crippen molar-refractivity contribution >= 4 is 15.9 Å². The summed E-state index contributed by atoms with van der Waals surface area (Å²) in [4.78, 5) is 12.0. The maximum atomic E-state index is 12.0. The average molecular weight is 282 g/mol. The second kappa shape index (κ2) is 5.71. The number of rotatable bonds is 3. The highest BCUT2D eigenvalue weighted by Gasteiger charge is 2.17. The lowest BCUT2D eigenvalue weighted by Crippen LogP contribution is -2.36. The molecule has 104 valence electrons. The van der Waals surface area contributed by atoms with Crippen molar-refractivity contribution in [2.45, 2.75) is 43.0 Å². The summed E-state index contributed by atoms with van der Waals surface area (Å²) in [6.07, 6.45) is 5.44. The molecule has 2 rings (SSSR count). The fourth-order valence-electron chi connectivity index (χ4n) is 2.33. The number of nitrogens with one attached hydrogen (secondary N) is 1. The van der Waals surface area contributed by atoms with Crippen molar-refractivity contribution in [1.29, 1.82) is 0 Å². The van der Waals surface area contributed by atoms with E-state index in [1.54, 1.807) is 6.07 Å². The molecule has 1 aliphatic rings. The van der Waals surface area contributed by atoms with Crippen molar-refractivity contribution in [3.63, 3.8) is 0 Å². The molecule has 1 aliphatic carbocycles. The summed E-state index contributed by atoms with van der Waals surface area (Å²) in [5, 5.41) is 7.99. The van der Waals surface area contributed by atoms with Crippen molar-refractivity contribution in [3.8, 4) is 0 Å². The molecule has 0 radical (unpaired) electrons. The minimum atomic E-state index is -3.77. The largest absolute Gasteiger partial charge is 0.349 e. The van der Waals surface area contributed by atoms with Crippen LogP contribution in [0.15, 0.2) is 29.2 Å². The van der Waals surface area contributed by atoms with Crippen LogP contribution in [-0.2, 0) is 10.0 Å². The Bertz CT molecular complexity index is 563. The maximum Gasteiger partial charge on any atom is 0.251 e. The number of hydrogen-bond donors (Lipinski definition) is 2. The van der Waals surface area contributed by atoms with E-state index in [2.05, 4.69) is 5.32 Å². The molecular weight excluding hydrogens is 264 g/mol. The second-order valence-corrected chi connectivity index (χ2v) is 6.44. The van der Waals surface area contributed by atoms with Gasteiger partial charge in [0.25, 0.3) is 5.91 Å². The predicted molar refractivity (Wildman–Crippen MR) is 72.2 cm³/mol. The molecule has 0 atom stereocenters. The summed E-state index contributed by atoms with van der Waals surface area (Å²) in [7, 11) is -3.77. The lowest BCUT2D eigenvalue weighted by molar-refractivity contribution is 0.0927. The van der Waals surface area contributed by atoms with Crippen LogP contribution >= 0.6 is 0 Å². The van der Waals surface area contributed by atoms with E-state index in [4.69, 9.17) is 5.14 Å². The van der Waals surface area contributed by atoms with E-state index in [0.29, 0.717) is 5.56 Å². The normalized spacial score (nSPS) is 17.1. The summed E-state index contributed by atoms with van der Waals surface area (Å²) in [5.41, 5.74) is 0.331. The van der Waals surface area contributed by atoms with Crippen LogP contribution < -0.4 is 10.5 Å². The topological polar surface area (TPSA) is 89.3 Å². The molecule has 5 nitrogen and oxygen atoms in total. The smallest absolute Gasteiger partial charge is 0.251 e. The van der Waals surface area contributed by atoms with Crippen LogP contribution in [0.25, 0.3) is 0 Å². The zero-order chi connectivity index (χ0) is 13.9. The van der Waals surface area contributed by atoms with Gasteiger partial charge in [-0.1, -0.05) is 25.3 Å². The molecule has 0 bridgehead atoms. The number of nitrogens with two attached hydrogens (primary N) is 1. The number of hydrogen-bond acceptors (Lipinski definition) is 3. The standard InChI is InChI=1S/C13H18N2O3S/c14-19(17,18)12-8-4-5-10(9-12)13(16)15-11-6-2-1-3-7-11/h4-5,8-9,11H,1-3,6-7H2,(H,15,16)(H2,14,17,18). The number of carbonyl (C=O) groups is 1. The quantitative estimate of drug-likeness (QED) is 0.878. The summed E-state index contributed by atoms with van der Waals surface area (Å²) in [5.74, 6) is -0.239. The van der Waals surface area contributed by atoms with Gasteiger partial charge in [0, 0.05) is 11.6 Å². The number of sulfonamides is 1. The molecular formula is C13H18N2O3S. The van der Waals surface area contributed by atoms with E-state index in [1.807, 2.05) is 0 Å². The second-order valence-electron chi connectivity index (χ2n) is 4.88. The maximum absolute atomic E-state index is 12.0. The Labute approximate surface area is 113 Å². The molecule has 1 fully saturated rings. The van der Waals surface area contributed by atoms with Gasteiger partial charge in [-0.2, -0.15) is 0 Å². The minimum Gasteiger partial charge on any atom is -0.349 e. The summed E-state index contributed by atoms with van der Waals surface area (Å²) in [6, 6.07) is 6.00. The SMILES string of the molecule is NS(=O)(=O)c1cccc(C(=O)NC2CCCCC2)c1. The Morgan fingerprint density at radius 1 is 1.21 bits per heavy atom. The van der Waals surface area contributed by atoms with Crippen LogP contribution in [0.2, 0.25) is 0 Å². The van der Waals surface area contributed by atoms with Gasteiger partial charge in [-0.25, -0.2) is 13.6 Å². The Morgan fingerprint density at radius 3 is 2.53 bits per heavy atom. The highest BCUT2D eigenvalue weighted by atomic mass is 32.2. The first kappa shape index (κ1) is 14.0. The van der Waals surface area contributed by atoms with Gasteiger partial charge in [-0.05, 0) is 31.0 Å². The van der Waals surface area contributed by atoms with Crippen molar-refractivity contribution in [3.05, 3.63) is 29.8 Å². The van der Waals surface area contributed by atoms with E-state index in [-0.39, 0.29) is 16.8 Å². The van der Waals surface area contributed by atoms with E-state index in [1.165, 1.54) is 24.6 Å². The van der Waals surface area contributed by atoms with Crippen molar-refractivity contribution in [1.82, 2.24) is 5.32 Å². The molecule has 1 amide bonds. The third-order valence-corrected chi connectivity index (χ3v) is 4.28. The first-order valence-corrected chi connectivity index (χ1v) is 7.95. The fourth-order valence-corrected chi connectivity index (χ4v) is 2.89. The lowest BCUT2D eigenvalue weighted by atomic mass is 9.95. The van der Waals surface area contributed by atoms with E-state index in [0.717, 1.165) is 25.7 Å². The van der Waals surface area contributed by atoms with Gasteiger partial charge in [-0.15, -0.1) is 0 Å². The fraction of sp³-hybridized carbons (Fsp3) is 0.462. The van der Waals surface area contributed by atoms with Gasteiger partial charge in [0.15, 0.2) is 0 Å². The van der Waals surface area contributed by atoms with Crippen LogP contribution in [0.5, 0.6) is 0 Å². The Morgan fingerprint density at radius 2 is 1.89 bits per heavy atom. The molecule has 1 saturated carbocycles. The molecule has 3 N–H and O–H groups in total. The zero-order valence-electron chi connectivity index (χ0n) is 10.6. The van der Waals surface area contributed by atoms with Crippen LogP contribution in [0.1, 0.15) is 42.5 Å². The number of benzene rings is 1. The Balaban J connectivity index is 2.10. The molecule has 19 heavy (non-hydrogen) atoms. The van der Waals surface area contributed by atoms with Gasteiger partial charge < -0.3 is 5.32 Å². The predicted octanol–water partition coefficient (Wildman–Crippen LogP) is 1.40. The molecule has 0 saturated heterocycles. The van der Waals surface area contributed by atoms with E-state index in [9.17, 15) is 13.2 Å². The molecule has 0 spiro atoms. The lowest BCUT2D eigenvalue weighted by Gasteiger charge is -2.22. The molecule has 1 aromatic carbocycles. The monoisotopic (exact) mass is 282 g/mol. The third-order valence-electron chi connectivity index (χ3n) is 3.37. The average Bonchev–Trinajstić information content (AvgIpc) is 2.39. The van der Waals surface area contributed by atoms with Gasteiger partial charge in [0.1, 0.15) is 0 Å². The van der Waals surface area contributed by atoms with Gasteiger partial charge in [0.2, 0.25) is 10.0 Å². The minimum absolute atomic E-state index is 0.0382. The highest BCUT2D eigenvalue weighted by molar-refractivity contribution is 7.89. The zero-order valence-corrected chi connectivity index (χ0v) is 11.4. The van der Waals surface area contributed by atoms with Crippen LogP contribution in [0, 0.1) is 0 Å². The van der Waals surface area contributed by atoms with Crippen LogP contribution in [0.3, 0.4) is 0 Å². The van der Waals surface area contributed by atoms with Crippen molar-refractivity contribution in [2.24, 2.45) is 5.14 Å². The van der Waals surface area contributed by atoms with Gasteiger partial charge in [-0.3, -0.25) is 4.79 Å². The van der Waals surface area contributed by atoms with Crippen LogP contribution in [0.4, 0.5) is 0 Å². The summed E-state index contributed by atoms with van der Waals surface area (Å²) < 4.78 is 22.5. The van der Waals surface area contributed by atoms with Gasteiger partial charge in [0.05, 0.1) is 4.90 Å². The Hall–Kier alpha value is -1.40. The number of amides is 1. The van der Waals surface area contributed by atoms with Crippen LogP contribution in [-0.4, -0.2) is 20.4 Å². The number of primary sulfonamides is 1. The van der Waals surface area contributed by atoms with E-state index >= 15 is 0 Å². The highest BCUT2D eigenvalue weighted by Crippen LogP contribution is 2.18. The van der Waals surface area contributed by atoms with Gasteiger partial charge >= 0.3 is 0 Å². The molecule has 0 heterocycles.